The third-order valence-corrected chi connectivity index (χ3v) is 5.37. The zero-order valence-electron chi connectivity index (χ0n) is 16.3. The summed E-state index contributed by atoms with van der Waals surface area (Å²) in [5.41, 5.74) is 2.55. The van der Waals surface area contributed by atoms with Gasteiger partial charge in [0.15, 0.2) is 11.0 Å². The van der Waals surface area contributed by atoms with E-state index in [9.17, 15) is 9.90 Å². The molecule has 0 aliphatic heterocycles. The number of thioether (sulfide) groups is 1. The molecule has 2 heterocycles. The van der Waals surface area contributed by atoms with Crippen molar-refractivity contribution in [2.45, 2.75) is 18.6 Å². The van der Waals surface area contributed by atoms with Gasteiger partial charge in [-0.25, -0.2) is 0 Å². The van der Waals surface area contributed by atoms with Crippen LogP contribution in [0, 0.1) is 6.92 Å². The Morgan fingerprint density at radius 2 is 1.90 bits per heavy atom. The summed E-state index contributed by atoms with van der Waals surface area (Å²) in [5, 5.41) is 22.3. The number of hydrogen-bond acceptors (Lipinski definition) is 6. The number of aromatic hydroxyl groups is 1. The Morgan fingerprint density at radius 3 is 2.63 bits per heavy atom. The van der Waals surface area contributed by atoms with Crippen LogP contribution in [-0.2, 0) is 11.3 Å². The van der Waals surface area contributed by atoms with Crippen molar-refractivity contribution < 1.29 is 14.3 Å². The van der Waals surface area contributed by atoms with E-state index in [0.717, 1.165) is 11.3 Å². The molecule has 0 aliphatic carbocycles. The molecule has 0 spiro atoms. The summed E-state index contributed by atoms with van der Waals surface area (Å²) in [7, 11) is 0. The second kappa shape index (κ2) is 8.87. The summed E-state index contributed by atoms with van der Waals surface area (Å²) in [6.07, 6.45) is 1.57. The maximum Gasteiger partial charge on any atom is 0.230 e. The molecular weight excluding hydrogens is 400 g/mol. The number of carbonyl (C=O) groups excluding carboxylic acids is 1. The Bertz CT molecular complexity index is 1140. The monoisotopic (exact) mass is 420 g/mol. The van der Waals surface area contributed by atoms with Crippen LogP contribution in [0.1, 0.15) is 11.3 Å². The highest BCUT2D eigenvalue weighted by atomic mass is 32.2. The number of aryl methyl sites for hydroxylation is 1. The van der Waals surface area contributed by atoms with E-state index in [2.05, 4.69) is 15.5 Å². The van der Waals surface area contributed by atoms with Crippen LogP contribution < -0.4 is 5.32 Å². The van der Waals surface area contributed by atoms with Gasteiger partial charge in [0, 0.05) is 5.69 Å². The molecule has 30 heavy (non-hydrogen) atoms. The van der Waals surface area contributed by atoms with E-state index in [1.54, 1.807) is 36.6 Å². The lowest BCUT2D eigenvalue weighted by atomic mass is 10.1. The van der Waals surface area contributed by atoms with Crippen LogP contribution in [0.3, 0.4) is 0 Å². The molecule has 0 bridgehead atoms. The third-order valence-electron chi connectivity index (χ3n) is 4.44. The SMILES string of the molecule is Cc1ccc(-n2c(SCC(=O)NCc3ccco3)nnc2-c2ccccc2O)cc1. The van der Waals surface area contributed by atoms with E-state index in [0.29, 0.717) is 28.8 Å². The van der Waals surface area contributed by atoms with Crippen molar-refractivity contribution in [3.8, 4) is 22.8 Å². The van der Waals surface area contributed by atoms with Crippen LogP contribution in [0.4, 0.5) is 0 Å². The maximum atomic E-state index is 12.3. The first-order valence-electron chi connectivity index (χ1n) is 9.34. The van der Waals surface area contributed by atoms with Gasteiger partial charge in [-0.3, -0.25) is 9.36 Å². The van der Waals surface area contributed by atoms with E-state index < -0.39 is 0 Å². The summed E-state index contributed by atoms with van der Waals surface area (Å²) in [6.45, 7) is 2.35. The van der Waals surface area contributed by atoms with E-state index >= 15 is 0 Å². The molecule has 0 saturated carbocycles. The Labute approximate surface area is 177 Å². The standard InChI is InChI=1S/C22H20N4O3S/c1-15-8-10-16(11-9-15)26-21(18-6-2-3-7-19(18)27)24-25-22(26)30-14-20(28)23-13-17-5-4-12-29-17/h2-12,27H,13-14H2,1H3,(H,23,28). The maximum absolute atomic E-state index is 12.3. The van der Waals surface area contributed by atoms with Crippen molar-refractivity contribution in [3.05, 3.63) is 78.3 Å². The number of nitrogens with zero attached hydrogens (tertiary/aromatic N) is 3. The van der Waals surface area contributed by atoms with Gasteiger partial charge in [0.25, 0.3) is 0 Å². The number of para-hydroxylation sites is 1. The van der Waals surface area contributed by atoms with E-state index in [-0.39, 0.29) is 17.4 Å². The molecule has 0 atom stereocenters. The summed E-state index contributed by atoms with van der Waals surface area (Å²) < 4.78 is 7.07. The van der Waals surface area contributed by atoms with Crippen molar-refractivity contribution in [2.24, 2.45) is 0 Å². The fourth-order valence-corrected chi connectivity index (χ4v) is 3.69. The first kappa shape index (κ1) is 19.8. The number of aromatic nitrogens is 3. The second-order valence-corrected chi connectivity index (χ2v) is 7.58. The minimum Gasteiger partial charge on any atom is -0.507 e. The quantitative estimate of drug-likeness (QED) is 0.440. The lowest BCUT2D eigenvalue weighted by Gasteiger charge is -2.11. The molecule has 7 nitrogen and oxygen atoms in total. The fraction of sp³-hybridized carbons (Fsp3) is 0.136. The molecular formula is C22H20N4O3S. The zero-order chi connectivity index (χ0) is 20.9. The fourth-order valence-electron chi connectivity index (χ4n) is 2.91. The second-order valence-electron chi connectivity index (χ2n) is 6.64. The van der Waals surface area contributed by atoms with Crippen LogP contribution in [0.25, 0.3) is 17.1 Å². The summed E-state index contributed by atoms with van der Waals surface area (Å²) in [4.78, 5) is 12.3. The molecule has 0 radical (unpaired) electrons. The van der Waals surface area contributed by atoms with Gasteiger partial charge in [0.1, 0.15) is 11.5 Å². The Kier molecular flexibility index (Phi) is 5.85. The molecule has 0 saturated heterocycles. The van der Waals surface area contributed by atoms with Gasteiger partial charge in [-0.2, -0.15) is 0 Å². The Morgan fingerprint density at radius 1 is 1.10 bits per heavy atom. The van der Waals surface area contributed by atoms with Crippen LogP contribution in [0.2, 0.25) is 0 Å². The number of phenols is 1. The third kappa shape index (κ3) is 4.38. The van der Waals surface area contributed by atoms with Gasteiger partial charge < -0.3 is 14.8 Å². The molecule has 0 aliphatic rings. The van der Waals surface area contributed by atoms with Crippen molar-refractivity contribution in [1.29, 1.82) is 0 Å². The van der Waals surface area contributed by atoms with Gasteiger partial charge >= 0.3 is 0 Å². The summed E-state index contributed by atoms with van der Waals surface area (Å²) >= 11 is 1.28. The van der Waals surface area contributed by atoms with Crippen molar-refractivity contribution >= 4 is 17.7 Å². The van der Waals surface area contributed by atoms with E-state index in [1.807, 2.05) is 41.8 Å². The molecule has 8 heteroatoms. The van der Waals surface area contributed by atoms with Crippen LogP contribution >= 0.6 is 11.8 Å². The Hall–Kier alpha value is -3.52. The number of hydrogen-bond donors (Lipinski definition) is 2. The highest BCUT2D eigenvalue weighted by Gasteiger charge is 2.19. The average Bonchev–Trinajstić information content (AvgIpc) is 3.42. The summed E-state index contributed by atoms with van der Waals surface area (Å²) in [6, 6.07) is 18.5. The van der Waals surface area contributed by atoms with Crippen molar-refractivity contribution in [3.63, 3.8) is 0 Å². The van der Waals surface area contributed by atoms with Gasteiger partial charge in [-0.15, -0.1) is 10.2 Å². The lowest BCUT2D eigenvalue weighted by molar-refractivity contribution is -0.118. The van der Waals surface area contributed by atoms with E-state index in [1.165, 1.54) is 11.8 Å². The Balaban J connectivity index is 1.59. The lowest BCUT2D eigenvalue weighted by Crippen LogP contribution is -2.24. The molecule has 0 fully saturated rings. The molecule has 152 valence electrons. The van der Waals surface area contributed by atoms with E-state index in [4.69, 9.17) is 4.42 Å². The van der Waals surface area contributed by atoms with Gasteiger partial charge in [0.05, 0.1) is 24.1 Å². The zero-order valence-corrected chi connectivity index (χ0v) is 17.1. The van der Waals surface area contributed by atoms with Crippen molar-refractivity contribution in [2.75, 3.05) is 5.75 Å². The first-order chi connectivity index (χ1) is 14.6. The number of carbonyl (C=O) groups is 1. The van der Waals surface area contributed by atoms with Gasteiger partial charge in [0.2, 0.25) is 5.91 Å². The number of furan rings is 1. The molecule has 2 aromatic heterocycles. The molecule has 2 N–H and O–H groups in total. The predicted octanol–water partition coefficient (Wildman–Crippen LogP) is 3.95. The van der Waals surface area contributed by atoms with Gasteiger partial charge in [-0.1, -0.05) is 41.6 Å². The molecule has 0 unspecified atom stereocenters. The number of benzene rings is 2. The minimum absolute atomic E-state index is 0.117. The molecule has 1 amide bonds. The minimum atomic E-state index is -0.140. The first-order valence-corrected chi connectivity index (χ1v) is 10.3. The molecule has 2 aromatic carbocycles. The van der Waals surface area contributed by atoms with Crippen molar-refractivity contribution in [1.82, 2.24) is 20.1 Å². The van der Waals surface area contributed by atoms with Crippen LogP contribution in [-0.4, -0.2) is 31.5 Å². The van der Waals surface area contributed by atoms with Gasteiger partial charge in [-0.05, 0) is 43.3 Å². The number of rotatable bonds is 7. The number of amides is 1. The molecule has 4 rings (SSSR count). The number of nitrogens with one attached hydrogen (secondary N) is 1. The normalized spacial score (nSPS) is 10.8. The molecule has 4 aromatic rings. The van der Waals surface area contributed by atoms with Crippen LogP contribution in [0.15, 0.2) is 76.5 Å². The highest BCUT2D eigenvalue weighted by molar-refractivity contribution is 7.99. The predicted molar refractivity (Wildman–Crippen MR) is 114 cm³/mol. The smallest absolute Gasteiger partial charge is 0.230 e. The van der Waals surface area contributed by atoms with Crippen LogP contribution in [0.5, 0.6) is 5.75 Å². The average molecular weight is 420 g/mol. The topological polar surface area (TPSA) is 93.2 Å². The summed E-state index contributed by atoms with van der Waals surface area (Å²) in [5.74, 6) is 1.35. The number of phenolic OH excluding ortho intramolecular Hbond substituents is 1. The largest absolute Gasteiger partial charge is 0.507 e. The highest BCUT2D eigenvalue weighted by Crippen LogP contribution is 2.32.